The molecule has 1 unspecified atom stereocenters. The quantitative estimate of drug-likeness (QED) is 0.838. The van der Waals surface area contributed by atoms with Gasteiger partial charge in [0.1, 0.15) is 0 Å². The second-order valence-corrected chi connectivity index (χ2v) is 5.71. The minimum atomic E-state index is -0.0951. The van der Waals surface area contributed by atoms with Crippen molar-refractivity contribution in [2.24, 2.45) is 0 Å². The number of carbonyl (C=O) groups excluding carboxylic acids is 1. The first-order valence-corrected chi connectivity index (χ1v) is 7.37. The van der Waals surface area contributed by atoms with Gasteiger partial charge in [-0.05, 0) is 31.0 Å². The Morgan fingerprint density at radius 3 is 3.00 bits per heavy atom. The molecule has 0 saturated carbocycles. The smallest absolute Gasteiger partial charge is 0.257 e. The molecule has 0 radical (unpaired) electrons. The van der Waals surface area contributed by atoms with Gasteiger partial charge in [-0.3, -0.25) is 9.89 Å². The maximum absolute atomic E-state index is 12.7. The number of benzene rings is 1. The van der Waals surface area contributed by atoms with Crippen molar-refractivity contribution in [2.45, 2.75) is 18.8 Å². The highest BCUT2D eigenvalue weighted by Crippen LogP contribution is 2.29. The summed E-state index contributed by atoms with van der Waals surface area (Å²) in [6.07, 6.45) is 3.74. The molecule has 2 aromatic rings. The van der Waals surface area contributed by atoms with Crippen LogP contribution >= 0.6 is 11.6 Å². The number of carbonyl (C=O) groups is 1. The van der Waals surface area contributed by atoms with Gasteiger partial charge >= 0.3 is 0 Å². The Kier molecular flexibility index (Phi) is 3.84. The molecular formula is C15H17ClN4O. The van der Waals surface area contributed by atoms with Gasteiger partial charge in [0, 0.05) is 36.6 Å². The van der Waals surface area contributed by atoms with Crippen LogP contribution in [0.2, 0.25) is 5.02 Å². The molecule has 6 heteroatoms. The van der Waals surface area contributed by atoms with E-state index in [-0.39, 0.29) is 11.8 Å². The summed E-state index contributed by atoms with van der Waals surface area (Å²) >= 11 is 6.14. The first-order valence-electron chi connectivity index (χ1n) is 6.99. The molecule has 5 nitrogen and oxygen atoms in total. The Labute approximate surface area is 128 Å². The summed E-state index contributed by atoms with van der Waals surface area (Å²) in [5.41, 5.74) is 7.81. The topological polar surface area (TPSA) is 75.0 Å². The fourth-order valence-electron chi connectivity index (χ4n) is 2.83. The Bertz CT molecular complexity index is 621. The number of nitrogens with one attached hydrogen (secondary N) is 1. The zero-order valence-electron chi connectivity index (χ0n) is 11.6. The Morgan fingerprint density at radius 1 is 1.43 bits per heavy atom. The lowest BCUT2D eigenvalue weighted by Gasteiger charge is -2.32. The Morgan fingerprint density at radius 2 is 2.29 bits per heavy atom. The molecule has 1 aromatic heterocycles. The standard InChI is InChI=1S/C15H17ClN4O/c16-11-4-1-5-12(17)14(11)15(21)20-8-2-3-10(9-20)13-6-7-18-19-13/h1,4-7,10H,2-3,8-9,17H2,(H,18,19). The molecule has 1 fully saturated rings. The highest BCUT2D eigenvalue weighted by atomic mass is 35.5. The average Bonchev–Trinajstić information content (AvgIpc) is 3.01. The van der Waals surface area contributed by atoms with E-state index >= 15 is 0 Å². The number of rotatable bonds is 2. The highest BCUT2D eigenvalue weighted by molar-refractivity contribution is 6.34. The summed E-state index contributed by atoms with van der Waals surface area (Å²) in [4.78, 5) is 14.5. The number of likely N-dealkylation sites (tertiary alicyclic amines) is 1. The van der Waals surface area contributed by atoms with Crippen LogP contribution in [-0.2, 0) is 0 Å². The SMILES string of the molecule is Nc1cccc(Cl)c1C(=O)N1CCCC(c2ccn[nH]2)C1. The number of nitrogens with two attached hydrogens (primary N) is 1. The molecule has 3 rings (SSSR count). The van der Waals surface area contributed by atoms with Gasteiger partial charge in [-0.25, -0.2) is 0 Å². The van der Waals surface area contributed by atoms with Gasteiger partial charge in [-0.15, -0.1) is 0 Å². The molecule has 2 heterocycles. The fourth-order valence-corrected chi connectivity index (χ4v) is 3.10. The van der Waals surface area contributed by atoms with Crippen LogP contribution in [0.5, 0.6) is 0 Å². The molecule has 0 spiro atoms. The predicted molar refractivity (Wildman–Crippen MR) is 82.3 cm³/mol. The van der Waals surface area contributed by atoms with E-state index in [4.69, 9.17) is 17.3 Å². The number of piperidine rings is 1. The van der Waals surface area contributed by atoms with E-state index in [1.165, 1.54) is 0 Å². The molecule has 1 aliphatic rings. The van der Waals surface area contributed by atoms with Crippen molar-refractivity contribution in [1.82, 2.24) is 15.1 Å². The molecular weight excluding hydrogens is 288 g/mol. The van der Waals surface area contributed by atoms with Crippen LogP contribution < -0.4 is 5.73 Å². The Balaban J connectivity index is 1.82. The van der Waals surface area contributed by atoms with E-state index in [1.807, 2.05) is 11.0 Å². The first-order chi connectivity index (χ1) is 10.2. The zero-order chi connectivity index (χ0) is 14.8. The van der Waals surface area contributed by atoms with E-state index < -0.39 is 0 Å². The van der Waals surface area contributed by atoms with Crippen molar-refractivity contribution in [3.8, 4) is 0 Å². The van der Waals surface area contributed by atoms with Crippen LogP contribution in [0, 0.1) is 0 Å². The van der Waals surface area contributed by atoms with Crippen LogP contribution in [0.4, 0.5) is 5.69 Å². The number of H-pyrrole nitrogens is 1. The molecule has 21 heavy (non-hydrogen) atoms. The molecule has 0 bridgehead atoms. The van der Waals surface area contributed by atoms with E-state index in [0.29, 0.717) is 22.8 Å². The van der Waals surface area contributed by atoms with Gasteiger partial charge in [0.25, 0.3) is 5.91 Å². The van der Waals surface area contributed by atoms with Crippen molar-refractivity contribution in [1.29, 1.82) is 0 Å². The van der Waals surface area contributed by atoms with Crippen molar-refractivity contribution in [3.63, 3.8) is 0 Å². The summed E-state index contributed by atoms with van der Waals surface area (Å²) in [5, 5.41) is 7.38. The lowest BCUT2D eigenvalue weighted by atomic mass is 9.94. The minimum Gasteiger partial charge on any atom is -0.398 e. The molecule has 1 aromatic carbocycles. The Hall–Kier alpha value is -2.01. The first kappa shape index (κ1) is 13.9. The van der Waals surface area contributed by atoms with Crippen molar-refractivity contribution in [3.05, 3.63) is 46.7 Å². The second-order valence-electron chi connectivity index (χ2n) is 5.31. The molecule has 1 amide bonds. The number of hydrogen-bond acceptors (Lipinski definition) is 3. The van der Waals surface area contributed by atoms with Crippen LogP contribution in [0.1, 0.15) is 34.8 Å². The predicted octanol–water partition coefficient (Wildman–Crippen LogP) is 2.67. The van der Waals surface area contributed by atoms with Crippen molar-refractivity contribution in [2.75, 3.05) is 18.8 Å². The van der Waals surface area contributed by atoms with Gasteiger partial charge in [0.15, 0.2) is 0 Å². The zero-order valence-corrected chi connectivity index (χ0v) is 12.3. The number of hydrogen-bond donors (Lipinski definition) is 2. The number of halogens is 1. The van der Waals surface area contributed by atoms with Gasteiger partial charge in [-0.2, -0.15) is 5.10 Å². The summed E-state index contributed by atoms with van der Waals surface area (Å²) in [7, 11) is 0. The monoisotopic (exact) mass is 304 g/mol. The summed E-state index contributed by atoms with van der Waals surface area (Å²) < 4.78 is 0. The molecule has 110 valence electrons. The van der Waals surface area contributed by atoms with Gasteiger partial charge < -0.3 is 10.6 Å². The number of amides is 1. The summed E-state index contributed by atoms with van der Waals surface area (Å²) in [6, 6.07) is 7.11. The van der Waals surface area contributed by atoms with E-state index in [1.54, 1.807) is 24.4 Å². The lowest BCUT2D eigenvalue weighted by molar-refractivity contribution is 0.0707. The number of anilines is 1. The number of nitrogen functional groups attached to an aromatic ring is 1. The van der Waals surface area contributed by atoms with E-state index in [0.717, 1.165) is 25.1 Å². The van der Waals surface area contributed by atoms with Crippen molar-refractivity contribution < 1.29 is 4.79 Å². The fraction of sp³-hybridized carbons (Fsp3) is 0.333. The second kappa shape index (κ2) is 5.77. The summed E-state index contributed by atoms with van der Waals surface area (Å²) in [6.45, 7) is 1.39. The third-order valence-corrected chi connectivity index (χ3v) is 4.25. The van der Waals surface area contributed by atoms with Gasteiger partial charge in [-0.1, -0.05) is 17.7 Å². The molecule has 0 aliphatic carbocycles. The highest BCUT2D eigenvalue weighted by Gasteiger charge is 2.28. The third-order valence-electron chi connectivity index (χ3n) is 3.93. The van der Waals surface area contributed by atoms with E-state index in [2.05, 4.69) is 10.2 Å². The number of nitrogens with zero attached hydrogens (tertiary/aromatic N) is 2. The van der Waals surface area contributed by atoms with Gasteiger partial charge in [0.05, 0.1) is 10.6 Å². The normalized spacial score (nSPS) is 18.7. The third kappa shape index (κ3) is 2.74. The number of aromatic nitrogens is 2. The van der Waals surface area contributed by atoms with Gasteiger partial charge in [0.2, 0.25) is 0 Å². The maximum Gasteiger partial charge on any atom is 0.257 e. The van der Waals surface area contributed by atoms with E-state index in [9.17, 15) is 4.79 Å². The molecule has 1 atom stereocenters. The van der Waals surface area contributed by atoms with Crippen LogP contribution in [0.15, 0.2) is 30.5 Å². The molecule has 1 aliphatic heterocycles. The van der Waals surface area contributed by atoms with Crippen molar-refractivity contribution >= 4 is 23.2 Å². The minimum absolute atomic E-state index is 0.0951. The average molecular weight is 305 g/mol. The van der Waals surface area contributed by atoms with Crippen LogP contribution in [-0.4, -0.2) is 34.1 Å². The van der Waals surface area contributed by atoms with Crippen LogP contribution in [0.25, 0.3) is 0 Å². The maximum atomic E-state index is 12.7. The largest absolute Gasteiger partial charge is 0.398 e. The molecule has 3 N–H and O–H groups in total. The van der Waals surface area contributed by atoms with Crippen LogP contribution in [0.3, 0.4) is 0 Å². The lowest BCUT2D eigenvalue weighted by Crippen LogP contribution is -2.39. The number of aromatic amines is 1. The molecule has 1 saturated heterocycles. The summed E-state index contributed by atoms with van der Waals surface area (Å²) in [5.74, 6) is 0.191.